The highest BCUT2D eigenvalue weighted by Crippen LogP contribution is 2.28. The maximum Gasteiger partial charge on any atom is 0.274 e. The van der Waals surface area contributed by atoms with Gasteiger partial charge in [0.15, 0.2) is 5.82 Å². The number of hydrogen-bond donors (Lipinski definition) is 2. The quantitative estimate of drug-likeness (QED) is 0.711. The molecule has 0 saturated heterocycles. The lowest BCUT2D eigenvalue weighted by atomic mass is 10.2. The van der Waals surface area contributed by atoms with Crippen molar-refractivity contribution in [3.05, 3.63) is 30.1 Å². The molecule has 18 heavy (non-hydrogen) atoms. The van der Waals surface area contributed by atoms with E-state index in [4.69, 9.17) is 10.3 Å². The molecule has 2 heterocycles. The molecule has 6 nitrogen and oxygen atoms in total. The van der Waals surface area contributed by atoms with Crippen molar-refractivity contribution in [2.24, 2.45) is 12.8 Å². The van der Waals surface area contributed by atoms with E-state index in [9.17, 15) is 5.11 Å². The van der Waals surface area contributed by atoms with Gasteiger partial charge < -0.3 is 19.9 Å². The number of aromatic nitrogens is 3. The predicted octanol–water partition coefficient (Wildman–Crippen LogP) is 1.39. The minimum atomic E-state index is 0.229. The fraction of sp³-hybridized carbons (Fsp3) is 0.167. The maximum absolute atomic E-state index is 9.47. The first-order chi connectivity index (χ1) is 8.69. The Labute approximate surface area is 103 Å². The molecule has 3 N–H and O–H groups in total. The summed E-state index contributed by atoms with van der Waals surface area (Å²) in [6, 6.07) is 7.07. The number of aromatic hydroxyl groups is 1. The topological polar surface area (TPSA) is 90.1 Å². The van der Waals surface area contributed by atoms with Crippen molar-refractivity contribution in [1.82, 2.24) is 14.7 Å². The highest BCUT2D eigenvalue weighted by atomic mass is 16.5. The molecule has 2 aromatic heterocycles. The molecule has 0 saturated carbocycles. The number of phenolic OH excluding ortho intramolecular Hbond substituents is 1. The van der Waals surface area contributed by atoms with Crippen LogP contribution in [-0.2, 0) is 13.6 Å². The molecular weight excluding hydrogens is 232 g/mol. The van der Waals surface area contributed by atoms with Gasteiger partial charge in [-0.05, 0) is 24.3 Å². The minimum Gasteiger partial charge on any atom is -0.508 e. The standard InChI is InChI=1S/C12H12N4O2/c1-16-9-3-2-8(17)4-7(9)5-10(16)12-14-11(6-13)15-18-12/h2-5,17H,6,13H2,1H3. The van der Waals surface area contributed by atoms with Gasteiger partial charge in [-0.3, -0.25) is 0 Å². The third-order valence-electron chi connectivity index (χ3n) is 2.90. The molecule has 3 aromatic rings. The van der Waals surface area contributed by atoms with Crippen LogP contribution >= 0.6 is 0 Å². The van der Waals surface area contributed by atoms with Crippen molar-refractivity contribution < 1.29 is 9.63 Å². The number of rotatable bonds is 2. The van der Waals surface area contributed by atoms with Crippen molar-refractivity contribution in [3.8, 4) is 17.3 Å². The first-order valence-corrected chi connectivity index (χ1v) is 5.50. The third kappa shape index (κ3) is 1.54. The zero-order chi connectivity index (χ0) is 12.7. The normalized spacial score (nSPS) is 11.2. The molecule has 0 unspecified atom stereocenters. The van der Waals surface area contributed by atoms with Gasteiger partial charge in [-0.2, -0.15) is 4.98 Å². The van der Waals surface area contributed by atoms with Crippen molar-refractivity contribution in [2.75, 3.05) is 0 Å². The van der Waals surface area contributed by atoms with Gasteiger partial charge in [0.1, 0.15) is 11.4 Å². The van der Waals surface area contributed by atoms with Crippen LogP contribution < -0.4 is 5.73 Å². The summed E-state index contributed by atoms with van der Waals surface area (Å²) in [4.78, 5) is 4.19. The molecule has 0 spiro atoms. The van der Waals surface area contributed by atoms with Gasteiger partial charge in [0.05, 0.1) is 6.54 Å². The SMILES string of the molecule is Cn1c(-c2nc(CN)no2)cc2cc(O)ccc21. The lowest BCUT2D eigenvalue weighted by Crippen LogP contribution is -1.98. The maximum atomic E-state index is 9.47. The highest BCUT2D eigenvalue weighted by Gasteiger charge is 2.14. The number of nitrogens with two attached hydrogens (primary N) is 1. The summed E-state index contributed by atoms with van der Waals surface area (Å²) in [5, 5.41) is 14.1. The molecule has 0 aliphatic carbocycles. The van der Waals surface area contributed by atoms with Gasteiger partial charge in [0.2, 0.25) is 0 Å². The summed E-state index contributed by atoms with van der Waals surface area (Å²) in [5.74, 6) is 1.12. The summed E-state index contributed by atoms with van der Waals surface area (Å²) >= 11 is 0. The molecule has 0 fully saturated rings. The largest absolute Gasteiger partial charge is 0.508 e. The lowest BCUT2D eigenvalue weighted by molar-refractivity contribution is 0.420. The second-order valence-electron chi connectivity index (χ2n) is 4.05. The number of aryl methyl sites for hydroxylation is 1. The van der Waals surface area contributed by atoms with E-state index < -0.39 is 0 Å². The van der Waals surface area contributed by atoms with Gasteiger partial charge >= 0.3 is 0 Å². The first kappa shape index (κ1) is 10.8. The molecule has 0 amide bonds. The molecule has 0 radical (unpaired) electrons. The second kappa shape index (κ2) is 3.85. The van der Waals surface area contributed by atoms with Crippen LogP contribution in [0.3, 0.4) is 0 Å². The van der Waals surface area contributed by atoms with E-state index in [1.165, 1.54) is 0 Å². The van der Waals surface area contributed by atoms with Crippen LogP contribution in [0.5, 0.6) is 5.75 Å². The molecule has 1 aromatic carbocycles. The number of phenols is 1. The van der Waals surface area contributed by atoms with E-state index in [2.05, 4.69) is 10.1 Å². The van der Waals surface area contributed by atoms with Gasteiger partial charge in [0, 0.05) is 18.0 Å². The van der Waals surface area contributed by atoms with Crippen molar-refractivity contribution in [3.63, 3.8) is 0 Å². The molecule has 0 atom stereocenters. The summed E-state index contributed by atoms with van der Waals surface area (Å²) in [6.45, 7) is 0.244. The second-order valence-corrected chi connectivity index (χ2v) is 4.05. The number of nitrogens with zero attached hydrogens (tertiary/aromatic N) is 3. The van der Waals surface area contributed by atoms with Crippen LogP contribution in [0.2, 0.25) is 0 Å². The van der Waals surface area contributed by atoms with Crippen molar-refractivity contribution in [2.45, 2.75) is 6.54 Å². The van der Waals surface area contributed by atoms with Gasteiger partial charge in [-0.1, -0.05) is 5.16 Å². The highest BCUT2D eigenvalue weighted by molar-refractivity contribution is 5.86. The van der Waals surface area contributed by atoms with Crippen molar-refractivity contribution in [1.29, 1.82) is 0 Å². The van der Waals surface area contributed by atoms with Gasteiger partial charge in [-0.15, -0.1) is 0 Å². The Morgan fingerprint density at radius 2 is 2.22 bits per heavy atom. The molecule has 0 bridgehead atoms. The number of hydrogen-bond acceptors (Lipinski definition) is 5. The summed E-state index contributed by atoms with van der Waals surface area (Å²) in [6.07, 6.45) is 0. The molecule has 92 valence electrons. The zero-order valence-electron chi connectivity index (χ0n) is 9.79. The van der Waals surface area contributed by atoms with Crippen LogP contribution in [0.4, 0.5) is 0 Å². The van der Waals surface area contributed by atoms with E-state index in [-0.39, 0.29) is 12.3 Å². The monoisotopic (exact) mass is 244 g/mol. The van der Waals surface area contributed by atoms with E-state index in [0.717, 1.165) is 16.6 Å². The Kier molecular flexibility index (Phi) is 2.31. The third-order valence-corrected chi connectivity index (χ3v) is 2.90. The Bertz CT molecular complexity index is 714. The fourth-order valence-electron chi connectivity index (χ4n) is 1.98. The van der Waals surface area contributed by atoms with Crippen LogP contribution in [0.1, 0.15) is 5.82 Å². The first-order valence-electron chi connectivity index (χ1n) is 5.50. The van der Waals surface area contributed by atoms with Crippen molar-refractivity contribution >= 4 is 10.9 Å². The lowest BCUT2D eigenvalue weighted by Gasteiger charge is -1.99. The van der Waals surface area contributed by atoms with E-state index in [1.807, 2.05) is 23.7 Å². The van der Waals surface area contributed by atoms with Crippen LogP contribution in [0, 0.1) is 0 Å². The predicted molar refractivity (Wildman–Crippen MR) is 65.8 cm³/mol. The molecule has 3 rings (SSSR count). The number of fused-ring (bicyclic) bond motifs is 1. The van der Waals surface area contributed by atoms with Crippen LogP contribution in [0.15, 0.2) is 28.8 Å². The minimum absolute atomic E-state index is 0.229. The average Bonchev–Trinajstić information content (AvgIpc) is 2.94. The summed E-state index contributed by atoms with van der Waals surface area (Å²) in [5.41, 5.74) is 7.23. The van der Waals surface area contributed by atoms with E-state index in [0.29, 0.717) is 11.7 Å². The Morgan fingerprint density at radius 3 is 2.94 bits per heavy atom. The van der Waals surface area contributed by atoms with Gasteiger partial charge in [0.25, 0.3) is 5.89 Å². The molecule has 6 heteroatoms. The number of benzene rings is 1. The molecular formula is C12H12N4O2. The molecule has 0 aliphatic rings. The Hall–Kier alpha value is -2.34. The Morgan fingerprint density at radius 1 is 1.39 bits per heavy atom. The average molecular weight is 244 g/mol. The van der Waals surface area contributed by atoms with Gasteiger partial charge in [-0.25, -0.2) is 0 Å². The van der Waals surface area contributed by atoms with E-state index in [1.54, 1.807) is 12.1 Å². The fourth-order valence-corrected chi connectivity index (χ4v) is 1.98. The summed E-state index contributed by atoms with van der Waals surface area (Å²) in [7, 11) is 1.90. The zero-order valence-corrected chi connectivity index (χ0v) is 9.79. The smallest absolute Gasteiger partial charge is 0.274 e. The van der Waals surface area contributed by atoms with E-state index >= 15 is 0 Å². The van der Waals surface area contributed by atoms with Crippen LogP contribution in [-0.4, -0.2) is 19.8 Å². The van der Waals surface area contributed by atoms with Crippen LogP contribution in [0.25, 0.3) is 22.5 Å². The summed E-state index contributed by atoms with van der Waals surface area (Å²) < 4.78 is 7.09. The Balaban J connectivity index is 2.20. The molecule has 0 aliphatic heterocycles.